The number of carbonyl (C=O) groups is 1. The SMILES string of the molecule is CCc1cc(Cc2[nH]cnc2C)cc(C)c1N=c1ccc2c(-c3ccccc3C(=O)O)c3ccc(Nc4c(C)cc(Cc5[nH]cnc5C)cc4CC)cc3oc-2c1. The summed E-state index contributed by atoms with van der Waals surface area (Å²) in [5.41, 5.74) is 17.3. The minimum absolute atomic E-state index is 0.226. The van der Waals surface area contributed by atoms with E-state index in [1.807, 2.05) is 62.4 Å². The molecule has 1 aliphatic heterocycles. The van der Waals surface area contributed by atoms with E-state index in [-0.39, 0.29) is 5.56 Å². The summed E-state index contributed by atoms with van der Waals surface area (Å²) in [6.07, 6.45) is 6.73. The molecule has 2 aliphatic rings. The van der Waals surface area contributed by atoms with E-state index in [2.05, 4.69) is 77.2 Å². The Morgan fingerprint density at radius 1 is 0.754 bits per heavy atom. The molecule has 0 spiro atoms. The molecule has 1 aliphatic carbocycles. The molecule has 0 atom stereocenters. The van der Waals surface area contributed by atoms with E-state index in [9.17, 15) is 9.90 Å². The molecule has 0 saturated heterocycles. The number of aryl methyl sites for hydroxylation is 6. The molecule has 57 heavy (non-hydrogen) atoms. The number of hydrogen-bond donors (Lipinski definition) is 4. The Morgan fingerprint density at radius 2 is 1.42 bits per heavy atom. The first-order valence-corrected chi connectivity index (χ1v) is 19.5. The Hall–Kier alpha value is -6.74. The Balaban J connectivity index is 1.24. The molecule has 4 aromatic carbocycles. The van der Waals surface area contributed by atoms with Crippen molar-refractivity contribution in [2.45, 2.75) is 67.2 Å². The van der Waals surface area contributed by atoms with E-state index in [0.29, 0.717) is 16.9 Å². The number of H-pyrrole nitrogens is 2. The quantitative estimate of drug-likeness (QED) is 0.0972. The highest BCUT2D eigenvalue weighted by Gasteiger charge is 2.22. The fraction of sp³-hybridized carbons (Fsp3) is 0.208. The van der Waals surface area contributed by atoms with Crippen LogP contribution in [0.15, 0.2) is 107 Å². The molecule has 0 saturated carbocycles. The molecule has 286 valence electrons. The third-order valence-electron chi connectivity index (χ3n) is 10.9. The maximum Gasteiger partial charge on any atom is 0.336 e. The molecule has 3 heterocycles. The molecule has 0 amide bonds. The summed E-state index contributed by atoms with van der Waals surface area (Å²) in [5, 5.41) is 15.6. The first-order chi connectivity index (χ1) is 27.6. The van der Waals surface area contributed by atoms with Crippen LogP contribution in [0, 0.1) is 27.7 Å². The number of carboxylic acids is 1. The summed E-state index contributed by atoms with van der Waals surface area (Å²) in [7, 11) is 0. The van der Waals surface area contributed by atoms with Crippen molar-refractivity contribution in [3.8, 4) is 22.5 Å². The zero-order chi connectivity index (χ0) is 39.8. The highest BCUT2D eigenvalue weighted by Crippen LogP contribution is 2.42. The normalized spacial score (nSPS) is 11.9. The molecule has 4 N–H and O–H groups in total. The summed E-state index contributed by atoms with van der Waals surface area (Å²) in [6, 6.07) is 28.1. The number of imidazole rings is 2. The van der Waals surface area contributed by atoms with Crippen LogP contribution in [0.5, 0.6) is 0 Å². The predicted octanol–water partition coefficient (Wildman–Crippen LogP) is 10.9. The first kappa shape index (κ1) is 37.2. The van der Waals surface area contributed by atoms with Crippen LogP contribution in [0.2, 0.25) is 0 Å². The molecule has 9 nitrogen and oxygen atoms in total. The van der Waals surface area contributed by atoms with Crippen molar-refractivity contribution in [2.75, 3.05) is 5.32 Å². The van der Waals surface area contributed by atoms with Gasteiger partial charge in [-0.3, -0.25) is 0 Å². The molecule has 0 radical (unpaired) electrons. The smallest absolute Gasteiger partial charge is 0.336 e. The van der Waals surface area contributed by atoms with Crippen LogP contribution in [0.3, 0.4) is 0 Å². The lowest BCUT2D eigenvalue weighted by atomic mass is 9.90. The molecular formula is C48H46N6O3. The maximum absolute atomic E-state index is 12.6. The van der Waals surface area contributed by atoms with Gasteiger partial charge < -0.3 is 24.8 Å². The lowest BCUT2D eigenvalue weighted by Crippen LogP contribution is -2.05. The van der Waals surface area contributed by atoms with Crippen molar-refractivity contribution in [2.24, 2.45) is 4.99 Å². The fourth-order valence-corrected chi connectivity index (χ4v) is 7.99. The van der Waals surface area contributed by atoms with Crippen LogP contribution < -0.4 is 10.7 Å². The van der Waals surface area contributed by atoms with Gasteiger partial charge in [-0.25, -0.2) is 19.8 Å². The largest absolute Gasteiger partial charge is 0.478 e. The lowest BCUT2D eigenvalue weighted by Gasteiger charge is -2.19. The van der Waals surface area contributed by atoms with Gasteiger partial charge in [-0.2, -0.15) is 0 Å². The third-order valence-corrected chi connectivity index (χ3v) is 10.9. The minimum Gasteiger partial charge on any atom is -0.478 e. The second-order valence-corrected chi connectivity index (χ2v) is 14.8. The number of fused-ring (bicyclic) bond motifs is 2. The maximum atomic E-state index is 12.6. The van der Waals surface area contributed by atoms with Gasteiger partial charge in [-0.15, -0.1) is 0 Å². The van der Waals surface area contributed by atoms with Crippen molar-refractivity contribution >= 4 is 34.0 Å². The summed E-state index contributed by atoms with van der Waals surface area (Å²) < 4.78 is 6.75. The Morgan fingerprint density at radius 3 is 2.07 bits per heavy atom. The Kier molecular flexibility index (Phi) is 10.1. The molecule has 9 heteroatoms. The monoisotopic (exact) mass is 754 g/mol. The molecule has 0 unspecified atom stereocenters. The number of carboxylic acid groups (broad SMARTS) is 1. The summed E-state index contributed by atoms with van der Waals surface area (Å²) in [6.45, 7) is 12.6. The van der Waals surface area contributed by atoms with E-state index in [1.54, 1.807) is 24.8 Å². The topological polar surface area (TPSA) is 132 Å². The van der Waals surface area contributed by atoms with Crippen LogP contribution in [0.25, 0.3) is 33.4 Å². The molecule has 8 rings (SSSR count). The van der Waals surface area contributed by atoms with Gasteiger partial charge in [0.25, 0.3) is 0 Å². The van der Waals surface area contributed by atoms with E-state index in [4.69, 9.17) is 9.41 Å². The van der Waals surface area contributed by atoms with Crippen molar-refractivity contribution in [1.29, 1.82) is 0 Å². The number of aromatic amines is 2. The fourth-order valence-electron chi connectivity index (χ4n) is 7.99. The van der Waals surface area contributed by atoms with E-state index >= 15 is 0 Å². The average molecular weight is 755 g/mol. The average Bonchev–Trinajstić information content (AvgIpc) is 3.81. The van der Waals surface area contributed by atoms with Gasteiger partial charge >= 0.3 is 5.97 Å². The molecule has 2 aromatic heterocycles. The summed E-state index contributed by atoms with van der Waals surface area (Å²) >= 11 is 0. The standard InChI is InChI=1S/C48H46N6O3/c1-7-33-19-31(21-41-29(5)49-25-51-41)17-27(3)46(33)53-35-13-15-39-43(23-35)57-44-24-36(14-16-40(44)45(39)37-11-9-10-12-38(37)48(55)56)54-47-28(4)18-32(20-34(47)8-2)22-42-30(6)50-26-52-42/h9-20,23-26,53H,7-8,21-22H2,1-6H3,(H,49,51)(H,50,52)(H,55,56). The predicted molar refractivity (Wildman–Crippen MR) is 227 cm³/mol. The zero-order valence-corrected chi connectivity index (χ0v) is 33.2. The number of aromatic carboxylic acids is 1. The molecule has 0 bridgehead atoms. The van der Waals surface area contributed by atoms with Gasteiger partial charge in [0.15, 0.2) is 0 Å². The van der Waals surface area contributed by atoms with E-state index < -0.39 is 5.97 Å². The van der Waals surface area contributed by atoms with Crippen LogP contribution in [-0.2, 0) is 25.7 Å². The number of nitrogens with one attached hydrogen (secondary N) is 3. The van der Waals surface area contributed by atoms with E-state index in [0.717, 1.165) is 104 Å². The van der Waals surface area contributed by atoms with E-state index in [1.165, 1.54) is 16.7 Å². The third kappa shape index (κ3) is 7.36. The van der Waals surface area contributed by atoms with Crippen LogP contribution in [-0.4, -0.2) is 31.0 Å². The Labute approximate surface area is 332 Å². The molecule has 0 fully saturated rings. The van der Waals surface area contributed by atoms with Gasteiger partial charge in [-0.05, 0) is 110 Å². The first-order valence-electron chi connectivity index (χ1n) is 19.5. The van der Waals surface area contributed by atoms with Gasteiger partial charge in [0.2, 0.25) is 0 Å². The van der Waals surface area contributed by atoms with Gasteiger partial charge in [0, 0.05) is 64.3 Å². The Bertz CT molecular complexity index is 2840. The number of hydrogen-bond acceptors (Lipinski definition) is 6. The van der Waals surface area contributed by atoms with Crippen molar-refractivity contribution in [3.63, 3.8) is 0 Å². The molecular weight excluding hydrogens is 709 g/mol. The van der Waals surface area contributed by atoms with Crippen molar-refractivity contribution in [3.05, 3.63) is 165 Å². The second kappa shape index (κ2) is 15.4. The minimum atomic E-state index is -0.986. The number of aromatic nitrogens is 4. The van der Waals surface area contributed by atoms with Gasteiger partial charge in [0.05, 0.1) is 40.7 Å². The van der Waals surface area contributed by atoms with Crippen LogP contribution in [0.4, 0.5) is 17.1 Å². The second-order valence-electron chi connectivity index (χ2n) is 14.8. The zero-order valence-electron chi connectivity index (χ0n) is 33.2. The number of nitrogens with zero attached hydrogens (tertiary/aromatic N) is 3. The highest BCUT2D eigenvalue weighted by molar-refractivity contribution is 6.08. The van der Waals surface area contributed by atoms with Crippen LogP contribution in [0.1, 0.15) is 80.4 Å². The number of benzene rings is 5. The van der Waals surface area contributed by atoms with Gasteiger partial charge in [-0.1, -0.05) is 56.3 Å². The molecule has 6 aromatic rings. The number of rotatable bonds is 11. The van der Waals surface area contributed by atoms with Crippen molar-refractivity contribution < 1.29 is 14.3 Å². The number of anilines is 2. The van der Waals surface area contributed by atoms with Crippen LogP contribution >= 0.6 is 0 Å². The van der Waals surface area contributed by atoms with Crippen molar-refractivity contribution in [1.82, 2.24) is 19.9 Å². The summed E-state index contributed by atoms with van der Waals surface area (Å²) in [5.74, 6) is -0.373. The van der Waals surface area contributed by atoms with Gasteiger partial charge in [0.1, 0.15) is 11.3 Å². The lowest BCUT2D eigenvalue weighted by molar-refractivity contribution is 0.0697. The summed E-state index contributed by atoms with van der Waals surface area (Å²) in [4.78, 5) is 33.0. The highest BCUT2D eigenvalue weighted by atomic mass is 16.4.